The topological polar surface area (TPSA) is 33.4 Å². The monoisotopic (exact) mass is 166 g/mol. The lowest BCUT2D eigenvalue weighted by atomic mass is 9.85. The van der Waals surface area contributed by atoms with E-state index in [1.54, 1.807) is 18.6 Å². The molecule has 2 heteroatoms. The molecular formula is C10H14O2. The van der Waals surface area contributed by atoms with Gasteiger partial charge in [-0.15, -0.1) is 6.58 Å². The molecule has 0 bridgehead atoms. The molecule has 1 aromatic heterocycles. The highest BCUT2D eigenvalue weighted by Crippen LogP contribution is 2.22. The molecule has 0 fully saturated rings. The fraction of sp³-hybridized carbons (Fsp3) is 0.400. The van der Waals surface area contributed by atoms with E-state index in [9.17, 15) is 0 Å². The van der Waals surface area contributed by atoms with Crippen molar-refractivity contribution >= 4 is 0 Å². The van der Waals surface area contributed by atoms with Gasteiger partial charge in [0.1, 0.15) is 0 Å². The van der Waals surface area contributed by atoms with Gasteiger partial charge in [0.15, 0.2) is 0 Å². The third kappa shape index (κ3) is 1.98. The molecule has 66 valence electrons. The van der Waals surface area contributed by atoms with E-state index in [2.05, 4.69) is 6.58 Å². The van der Waals surface area contributed by atoms with Gasteiger partial charge in [-0.2, -0.15) is 0 Å². The van der Waals surface area contributed by atoms with Gasteiger partial charge in [0.25, 0.3) is 0 Å². The van der Waals surface area contributed by atoms with Gasteiger partial charge >= 0.3 is 0 Å². The minimum atomic E-state index is -0.232. The molecule has 0 aromatic carbocycles. The van der Waals surface area contributed by atoms with Gasteiger partial charge in [0.05, 0.1) is 19.1 Å². The second-order valence-electron chi connectivity index (χ2n) is 3.32. The van der Waals surface area contributed by atoms with E-state index in [0.717, 1.165) is 12.0 Å². The van der Waals surface area contributed by atoms with Crippen LogP contribution in [0.1, 0.15) is 12.5 Å². The van der Waals surface area contributed by atoms with E-state index >= 15 is 0 Å². The third-order valence-electron chi connectivity index (χ3n) is 2.04. The fourth-order valence-corrected chi connectivity index (χ4v) is 1.05. The molecule has 1 N–H and O–H groups in total. The lowest BCUT2D eigenvalue weighted by Gasteiger charge is -2.21. The molecule has 0 saturated carbocycles. The van der Waals surface area contributed by atoms with Crippen molar-refractivity contribution in [3.05, 3.63) is 36.8 Å². The van der Waals surface area contributed by atoms with Gasteiger partial charge in [0, 0.05) is 5.41 Å². The molecule has 0 aliphatic heterocycles. The number of aliphatic hydroxyl groups is 1. The Kier molecular flexibility index (Phi) is 2.71. The summed E-state index contributed by atoms with van der Waals surface area (Å²) in [5.74, 6) is 0. The van der Waals surface area contributed by atoms with Gasteiger partial charge in [-0.25, -0.2) is 0 Å². The summed E-state index contributed by atoms with van der Waals surface area (Å²) in [6.45, 7) is 5.77. The zero-order valence-corrected chi connectivity index (χ0v) is 7.29. The molecule has 0 saturated heterocycles. The normalized spacial score (nSPS) is 15.5. The maximum absolute atomic E-state index is 9.08. The maximum Gasteiger partial charge on any atom is 0.0934 e. The number of hydrogen-bond donors (Lipinski definition) is 1. The average molecular weight is 166 g/mol. The molecule has 12 heavy (non-hydrogen) atoms. The van der Waals surface area contributed by atoms with Crippen LogP contribution in [0.15, 0.2) is 35.7 Å². The summed E-state index contributed by atoms with van der Waals surface area (Å²) in [4.78, 5) is 0. The average Bonchev–Trinajstić information content (AvgIpc) is 2.57. The lowest BCUT2D eigenvalue weighted by molar-refractivity contribution is 0.184. The summed E-state index contributed by atoms with van der Waals surface area (Å²) in [6, 6.07) is 1.90. The predicted octanol–water partition coefficient (Wildman–Crippen LogP) is 2.01. The van der Waals surface area contributed by atoms with Crippen LogP contribution in [0.3, 0.4) is 0 Å². The lowest BCUT2D eigenvalue weighted by Crippen LogP contribution is -2.20. The van der Waals surface area contributed by atoms with Gasteiger partial charge < -0.3 is 9.52 Å². The second kappa shape index (κ2) is 3.59. The van der Waals surface area contributed by atoms with Gasteiger partial charge in [-0.3, -0.25) is 0 Å². The Morgan fingerprint density at radius 1 is 1.75 bits per heavy atom. The molecule has 0 radical (unpaired) electrons. The van der Waals surface area contributed by atoms with Crippen LogP contribution in [0.4, 0.5) is 0 Å². The van der Waals surface area contributed by atoms with Gasteiger partial charge in [-0.05, 0) is 18.1 Å². The van der Waals surface area contributed by atoms with Crippen molar-refractivity contribution in [2.75, 3.05) is 6.61 Å². The summed E-state index contributed by atoms with van der Waals surface area (Å²) in [5.41, 5.74) is 0.857. The number of hydrogen-bond acceptors (Lipinski definition) is 2. The standard InChI is InChI=1S/C10H14O2/c1-3-10(2,8-11)6-9-4-5-12-7-9/h3-5,7,11H,1,6,8H2,2H3. The first kappa shape index (κ1) is 9.07. The van der Waals surface area contributed by atoms with E-state index in [-0.39, 0.29) is 12.0 Å². The van der Waals surface area contributed by atoms with Crippen molar-refractivity contribution in [2.24, 2.45) is 5.41 Å². The van der Waals surface area contributed by atoms with E-state index in [1.807, 2.05) is 13.0 Å². The first-order chi connectivity index (χ1) is 5.70. The SMILES string of the molecule is C=CC(C)(CO)Cc1ccoc1. The summed E-state index contributed by atoms with van der Waals surface area (Å²) < 4.78 is 4.93. The van der Waals surface area contributed by atoms with Crippen molar-refractivity contribution in [3.63, 3.8) is 0 Å². The van der Waals surface area contributed by atoms with Gasteiger partial charge in [-0.1, -0.05) is 13.0 Å². The first-order valence-corrected chi connectivity index (χ1v) is 3.96. The van der Waals surface area contributed by atoms with Crippen LogP contribution >= 0.6 is 0 Å². The van der Waals surface area contributed by atoms with Crippen molar-refractivity contribution in [1.29, 1.82) is 0 Å². The number of furan rings is 1. The van der Waals surface area contributed by atoms with Crippen LogP contribution in [0, 0.1) is 5.41 Å². The first-order valence-electron chi connectivity index (χ1n) is 3.96. The van der Waals surface area contributed by atoms with E-state index in [0.29, 0.717) is 0 Å². The summed E-state index contributed by atoms with van der Waals surface area (Å²) in [6.07, 6.45) is 5.87. The Labute approximate surface area is 72.5 Å². The van der Waals surface area contributed by atoms with Crippen molar-refractivity contribution in [3.8, 4) is 0 Å². The van der Waals surface area contributed by atoms with Crippen molar-refractivity contribution in [1.82, 2.24) is 0 Å². The zero-order chi connectivity index (χ0) is 9.03. The molecule has 1 heterocycles. The molecule has 0 spiro atoms. The van der Waals surface area contributed by atoms with Crippen LogP contribution < -0.4 is 0 Å². The van der Waals surface area contributed by atoms with Crippen LogP contribution in [0.25, 0.3) is 0 Å². The zero-order valence-electron chi connectivity index (χ0n) is 7.29. The summed E-state index contributed by atoms with van der Waals surface area (Å²) >= 11 is 0. The molecule has 1 aromatic rings. The molecule has 1 atom stereocenters. The summed E-state index contributed by atoms with van der Waals surface area (Å²) in [5, 5.41) is 9.08. The molecule has 0 aliphatic rings. The Morgan fingerprint density at radius 3 is 2.92 bits per heavy atom. The van der Waals surface area contributed by atoms with Gasteiger partial charge in [0.2, 0.25) is 0 Å². The molecular weight excluding hydrogens is 152 g/mol. The number of rotatable bonds is 4. The van der Waals surface area contributed by atoms with Crippen LogP contribution in [-0.4, -0.2) is 11.7 Å². The Bertz CT molecular complexity index is 238. The smallest absolute Gasteiger partial charge is 0.0934 e. The minimum Gasteiger partial charge on any atom is -0.472 e. The predicted molar refractivity (Wildman–Crippen MR) is 47.8 cm³/mol. The summed E-state index contributed by atoms with van der Waals surface area (Å²) in [7, 11) is 0. The molecule has 0 aliphatic carbocycles. The number of aliphatic hydroxyl groups excluding tert-OH is 1. The molecule has 2 nitrogen and oxygen atoms in total. The molecule has 0 amide bonds. The van der Waals surface area contributed by atoms with Crippen LogP contribution in [-0.2, 0) is 6.42 Å². The maximum atomic E-state index is 9.08. The molecule has 1 unspecified atom stereocenters. The highest BCUT2D eigenvalue weighted by Gasteiger charge is 2.19. The van der Waals surface area contributed by atoms with E-state index in [4.69, 9.17) is 9.52 Å². The van der Waals surface area contributed by atoms with E-state index in [1.165, 1.54) is 0 Å². The van der Waals surface area contributed by atoms with Crippen LogP contribution in [0.5, 0.6) is 0 Å². The Balaban J connectivity index is 2.66. The largest absolute Gasteiger partial charge is 0.472 e. The quantitative estimate of drug-likeness (QED) is 0.694. The van der Waals surface area contributed by atoms with Crippen LogP contribution in [0.2, 0.25) is 0 Å². The molecule has 1 rings (SSSR count). The highest BCUT2D eigenvalue weighted by molar-refractivity contribution is 5.11. The van der Waals surface area contributed by atoms with Crippen molar-refractivity contribution in [2.45, 2.75) is 13.3 Å². The third-order valence-corrected chi connectivity index (χ3v) is 2.04. The Morgan fingerprint density at radius 2 is 2.50 bits per heavy atom. The highest BCUT2D eigenvalue weighted by atomic mass is 16.3. The Hall–Kier alpha value is -1.02. The van der Waals surface area contributed by atoms with E-state index < -0.39 is 0 Å². The fourth-order valence-electron chi connectivity index (χ4n) is 1.05. The second-order valence-corrected chi connectivity index (χ2v) is 3.32. The van der Waals surface area contributed by atoms with Crippen molar-refractivity contribution < 1.29 is 9.52 Å². The minimum absolute atomic E-state index is 0.113.